The molecule has 0 aromatic carbocycles. The molecule has 0 aliphatic heterocycles. The summed E-state index contributed by atoms with van der Waals surface area (Å²) in [6.45, 7) is 3.85. The predicted molar refractivity (Wildman–Crippen MR) is 78.0 cm³/mol. The molecule has 106 valence electrons. The third-order valence-corrected chi connectivity index (χ3v) is 4.88. The van der Waals surface area contributed by atoms with E-state index in [1.807, 2.05) is 18.9 Å². The fourth-order valence-corrected chi connectivity index (χ4v) is 3.36. The maximum Gasteiger partial charge on any atom is 0.356 e. The average molecular weight is 311 g/mol. The Morgan fingerprint density at radius 1 is 1.45 bits per heavy atom. The van der Waals surface area contributed by atoms with Crippen LogP contribution in [-0.2, 0) is 6.54 Å². The van der Waals surface area contributed by atoms with Gasteiger partial charge in [0.25, 0.3) is 0 Å². The van der Waals surface area contributed by atoms with Gasteiger partial charge in [-0.05, 0) is 6.92 Å². The molecular weight excluding hydrogens is 298 g/mol. The summed E-state index contributed by atoms with van der Waals surface area (Å²) >= 11 is 2.64. The molecule has 0 aliphatic carbocycles. The SMILES string of the molecule is CC(=O)c1sc(N(C)Cc2scnc2C)nc1C(=O)O. The molecule has 0 bridgehead atoms. The van der Waals surface area contributed by atoms with Crippen LogP contribution in [0.3, 0.4) is 0 Å². The number of aryl methyl sites for hydroxylation is 1. The Hall–Kier alpha value is -1.80. The Morgan fingerprint density at radius 2 is 2.15 bits per heavy atom. The van der Waals surface area contributed by atoms with E-state index >= 15 is 0 Å². The molecule has 6 nitrogen and oxygen atoms in total. The number of aromatic carboxylic acids is 1. The number of carboxylic acid groups (broad SMARTS) is 1. The standard InChI is InChI=1S/C12H13N3O3S2/c1-6-8(19-5-13-6)4-15(3)12-14-9(11(17)18)10(20-12)7(2)16/h5H,4H2,1-3H3,(H,17,18). The van der Waals surface area contributed by atoms with Crippen molar-refractivity contribution in [2.24, 2.45) is 0 Å². The minimum absolute atomic E-state index is 0.176. The largest absolute Gasteiger partial charge is 0.476 e. The third kappa shape index (κ3) is 2.86. The molecule has 8 heteroatoms. The van der Waals surface area contributed by atoms with Gasteiger partial charge in [0.2, 0.25) is 0 Å². The molecule has 2 heterocycles. The molecule has 0 spiro atoms. The first-order chi connectivity index (χ1) is 9.40. The van der Waals surface area contributed by atoms with Gasteiger partial charge in [-0.15, -0.1) is 11.3 Å². The highest BCUT2D eigenvalue weighted by Crippen LogP contribution is 2.28. The highest BCUT2D eigenvalue weighted by molar-refractivity contribution is 7.17. The molecule has 0 fully saturated rings. The number of thiazole rings is 2. The number of carboxylic acids is 1. The Balaban J connectivity index is 2.29. The monoisotopic (exact) mass is 311 g/mol. The molecule has 2 aromatic rings. The van der Waals surface area contributed by atoms with Crippen molar-refractivity contribution in [3.8, 4) is 0 Å². The Bertz CT molecular complexity index is 631. The highest BCUT2D eigenvalue weighted by atomic mass is 32.1. The van der Waals surface area contributed by atoms with Crippen molar-refractivity contribution in [2.45, 2.75) is 20.4 Å². The van der Waals surface area contributed by atoms with Crippen molar-refractivity contribution in [3.05, 3.63) is 26.7 Å². The maximum absolute atomic E-state index is 11.5. The molecule has 0 saturated carbocycles. The van der Waals surface area contributed by atoms with Crippen molar-refractivity contribution in [1.29, 1.82) is 0 Å². The van der Waals surface area contributed by atoms with E-state index in [1.54, 1.807) is 5.51 Å². The number of rotatable bonds is 5. The van der Waals surface area contributed by atoms with Gasteiger partial charge in [-0.25, -0.2) is 14.8 Å². The first-order valence-corrected chi connectivity index (χ1v) is 7.45. The number of carbonyl (C=O) groups excluding carboxylic acids is 1. The van der Waals surface area contributed by atoms with Crippen LogP contribution in [0.2, 0.25) is 0 Å². The lowest BCUT2D eigenvalue weighted by Crippen LogP contribution is -2.16. The van der Waals surface area contributed by atoms with Crippen LogP contribution >= 0.6 is 22.7 Å². The van der Waals surface area contributed by atoms with E-state index in [0.717, 1.165) is 21.9 Å². The van der Waals surface area contributed by atoms with E-state index < -0.39 is 5.97 Å². The number of nitrogens with zero attached hydrogens (tertiary/aromatic N) is 3. The van der Waals surface area contributed by atoms with Crippen LogP contribution in [0.1, 0.15) is 37.7 Å². The third-order valence-electron chi connectivity index (χ3n) is 2.69. The Labute approximate surface area is 123 Å². The Morgan fingerprint density at radius 3 is 2.60 bits per heavy atom. The summed E-state index contributed by atoms with van der Waals surface area (Å²) in [5, 5.41) is 9.59. The lowest BCUT2D eigenvalue weighted by molar-refractivity contribution is 0.0687. The number of hydrogen-bond acceptors (Lipinski definition) is 7. The molecule has 0 unspecified atom stereocenters. The van der Waals surface area contributed by atoms with Crippen LogP contribution in [0, 0.1) is 6.92 Å². The van der Waals surface area contributed by atoms with Crippen molar-refractivity contribution in [1.82, 2.24) is 9.97 Å². The maximum atomic E-state index is 11.5. The van der Waals surface area contributed by atoms with E-state index in [1.165, 1.54) is 18.3 Å². The van der Waals surface area contributed by atoms with Crippen LogP contribution in [0.15, 0.2) is 5.51 Å². The van der Waals surface area contributed by atoms with Crippen molar-refractivity contribution >= 4 is 39.6 Å². The Kier molecular flexibility index (Phi) is 4.15. The number of aromatic nitrogens is 2. The van der Waals surface area contributed by atoms with Gasteiger partial charge in [-0.2, -0.15) is 0 Å². The van der Waals surface area contributed by atoms with E-state index in [2.05, 4.69) is 9.97 Å². The number of Topliss-reactive ketones (excluding diaryl/α,β-unsaturated/α-hetero) is 1. The molecule has 0 aliphatic rings. The van der Waals surface area contributed by atoms with Crippen molar-refractivity contribution in [2.75, 3.05) is 11.9 Å². The van der Waals surface area contributed by atoms with Crippen LogP contribution in [-0.4, -0.2) is 33.9 Å². The minimum Gasteiger partial charge on any atom is -0.476 e. The van der Waals surface area contributed by atoms with Gasteiger partial charge in [0.1, 0.15) is 4.88 Å². The van der Waals surface area contributed by atoms with E-state index in [-0.39, 0.29) is 16.4 Å². The zero-order chi connectivity index (χ0) is 14.9. The molecule has 0 atom stereocenters. The van der Waals surface area contributed by atoms with Gasteiger partial charge < -0.3 is 10.0 Å². The molecule has 0 saturated heterocycles. The zero-order valence-electron chi connectivity index (χ0n) is 11.2. The van der Waals surface area contributed by atoms with Gasteiger partial charge in [0, 0.05) is 18.8 Å². The molecule has 2 rings (SSSR count). The lowest BCUT2D eigenvalue weighted by Gasteiger charge is -2.14. The highest BCUT2D eigenvalue weighted by Gasteiger charge is 2.22. The number of ketones is 1. The molecule has 2 aromatic heterocycles. The van der Waals surface area contributed by atoms with E-state index in [4.69, 9.17) is 5.11 Å². The van der Waals surface area contributed by atoms with E-state index in [9.17, 15) is 9.59 Å². The molecular formula is C12H13N3O3S2. The second-order valence-corrected chi connectivity index (χ2v) is 6.17. The summed E-state index contributed by atoms with van der Waals surface area (Å²) < 4.78 is 0. The average Bonchev–Trinajstić information content (AvgIpc) is 2.96. The van der Waals surface area contributed by atoms with Crippen LogP contribution < -0.4 is 4.90 Å². The van der Waals surface area contributed by atoms with E-state index in [0.29, 0.717) is 11.7 Å². The normalized spacial score (nSPS) is 10.6. The van der Waals surface area contributed by atoms with Crippen LogP contribution in [0.5, 0.6) is 0 Å². The number of carbonyl (C=O) groups is 2. The smallest absolute Gasteiger partial charge is 0.356 e. The molecule has 1 N–H and O–H groups in total. The van der Waals surface area contributed by atoms with Gasteiger partial charge in [0.15, 0.2) is 16.6 Å². The summed E-state index contributed by atoms with van der Waals surface area (Å²) in [5.41, 5.74) is 2.54. The quantitative estimate of drug-likeness (QED) is 0.854. The summed E-state index contributed by atoms with van der Waals surface area (Å²) in [5.74, 6) is -1.46. The molecule has 20 heavy (non-hydrogen) atoms. The fraction of sp³-hybridized carbons (Fsp3) is 0.333. The summed E-state index contributed by atoms with van der Waals surface area (Å²) in [4.78, 5) is 33.9. The van der Waals surface area contributed by atoms with Gasteiger partial charge in [-0.3, -0.25) is 4.79 Å². The molecule has 0 amide bonds. The topological polar surface area (TPSA) is 83.4 Å². The lowest BCUT2D eigenvalue weighted by atomic mass is 10.3. The second-order valence-electron chi connectivity index (χ2n) is 4.25. The first kappa shape index (κ1) is 14.6. The first-order valence-electron chi connectivity index (χ1n) is 5.75. The van der Waals surface area contributed by atoms with Crippen molar-refractivity contribution < 1.29 is 14.7 Å². The number of hydrogen-bond donors (Lipinski definition) is 1. The summed E-state index contributed by atoms with van der Waals surface area (Å²) in [6, 6.07) is 0. The van der Waals surface area contributed by atoms with Crippen molar-refractivity contribution in [3.63, 3.8) is 0 Å². The second kappa shape index (κ2) is 5.68. The summed E-state index contributed by atoms with van der Waals surface area (Å²) in [6.07, 6.45) is 0. The minimum atomic E-state index is -1.18. The predicted octanol–water partition coefficient (Wildman–Crippen LogP) is 2.45. The van der Waals surface area contributed by atoms with Gasteiger partial charge >= 0.3 is 5.97 Å². The molecule has 0 radical (unpaired) electrons. The number of anilines is 1. The van der Waals surface area contributed by atoms with Gasteiger partial charge in [-0.1, -0.05) is 11.3 Å². The van der Waals surface area contributed by atoms with Gasteiger partial charge in [0.05, 0.1) is 17.7 Å². The fourth-order valence-electron chi connectivity index (χ4n) is 1.62. The summed E-state index contributed by atoms with van der Waals surface area (Å²) in [7, 11) is 1.81. The van der Waals surface area contributed by atoms with Crippen LogP contribution in [0.25, 0.3) is 0 Å². The van der Waals surface area contributed by atoms with Crippen LogP contribution in [0.4, 0.5) is 5.13 Å². The zero-order valence-corrected chi connectivity index (χ0v) is 12.8.